The molecular formula is C43H52O13S. The number of thioether (sulfide) groups is 1. The Labute approximate surface area is 336 Å². The number of aliphatic hydroxyl groups excluding tert-OH is 3. The summed E-state index contributed by atoms with van der Waals surface area (Å²) in [6.45, 7) is 12.1. The summed E-state index contributed by atoms with van der Waals surface area (Å²) in [7, 11) is 0. The fraction of sp³-hybridized carbons (Fsp3) is 0.558. The minimum absolute atomic E-state index is 0.0356. The summed E-state index contributed by atoms with van der Waals surface area (Å²) in [6, 6.07) is 16.4. The lowest BCUT2D eigenvalue weighted by atomic mass is 9.44. The van der Waals surface area contributed by atoms with Crippen molar-refractivity contribution < 1.29 is 63.3 Å². The maximum absolute atomic E-state index is 14.9. The van der Waals surface area contributed by atoms with E-state index in [2.05, 4.69) is 0 Å². The number of Topliss-reactive ketones (excluding diaryl/α,β-unsaturated/α-hetero) is 1. The smallest absolute Gasteiger partial charge is 0.338 e. The van der Waals surface area contributed by atoms with Crippen molar-refractivity contribution in [3.63, 3.8) is 0 Å². The Bertz CT molecular complexity index is 1960. The lowest BCUT2D eigenvalue weighted by Gasteiger charge is -2.67. The maximum Gasteiger partial charge on any atom is 0.338 e. The second-order valence-corrected chi connectivity index (χ2v) is 18.6. The Kier molecular flexibility index (Phi) is 11.3. The van der Waals surface area contributed by atoms with Gasteiger partial charge in [-0.15, -0.1) is 0 Å². The molecule has 2 saturated carbocycles. The van der Waals surface area contributed by atoms with Crippen LogP contribution in [-0.2, 0) is 38.1 Å². The molecule has 0 spiro atoms. The minimum atomic E-state index is -2.32. The van der Waals surface area contributed by atoms with E-state index < -0.39 is 105 Å². The molecule has 2 aromatic carbocycles. The van der Waals surface area contributed by atoms with Crippen LogP contribution in [0, 0.1) is 22.2 Å². The van der Waals surface area contributed by atoms with Crippen LogP contribution in [0.25, 0.3) is 0 Å². The molecule has 6 rings (SSSR count). The van der Waals surface area contributed by atoms with Gasteiger partial charge in [0.1, 0.15) is 30.0 Å². The van der Waals surface area contributed by atoms with Crippen LogP contribution in [0.3, 0.4) is 0 Å². The number of aliphatic hydroxyl groups is 4. The van der Waals surface area contributed by atoms with Crippen LogP contribution in [0.5, 0.6) is 0 Å². The number of carbonyl (C=O) groups is 5. The molecular weight excluding hydrogens is 757 g/mol. The van der Waals surface area contributed by atoms with Crippen molar-refractivity contribution in [2.24, 2.45) is 22.2 Å². The first-order chi connectivity index (χ1) is 26.5. The van der Waals surface area contributed by atoms with Gasteiger partial charge in [0, 0.05) is 30.6 Å². The van der Waals surface area contributed by atoms with Crippen molar-refractivity contribution in [1.82, 2.24) is 0 Å². The van der Waals surface area contributed by atoms with E-state index in [1.54, 1.807) is 83.1 Å². The minimum Gasteiger partial charge on any atom is -0.456 e. The van der Waals surface area contributed by atoms with Crippen molar-refractivity contribution in [1.29, 1.82) is 0 Å². The average Bonchev–Trinajstić information content (AvgIpc) is 3.15. The van der Waals surface area contributed by atoms with Crippen LogP contribution >= 0.6 is 11.8 Å². The summed E-state index contributed by atoms with van der Waals surface area (Å²) in [6.07, 6.45) is -10.2. The molecule has 4 N–H and O–H groups in total. The number of esters is 3. The number of hydrogen-bond acceptors (Lipinski definition) is 14. The van der Waals surface area contributed by atoms with Gasteiger partial charge in [0.2, 0.25) is 0 Å². The number of fused-ring (bicyclic) bond motifs is 5. The van der Waals surface area contributed by atoms with Crippen molar-refractivity contribution in [3.8, 4) is 0 Å². The van der Waals surface area contributed by atoms with Gasteiger partial charge in [-0.2, -0.15) is 0 Å². The van der Waals surface area contributed by atoms with Crippen LogP contribution < -0.4 is 0 Å². The van der Waals surface area contributed by atoms with Crippen LogP contribution in [0.2, 0.25) is 0 Å². The highest BCUT2D eigenvalue weighted by atomic mass is 32.2. The van der Waals surface area contributed by atoms with Gasteiger partial charge in [-0.3, -0.25) is 14.4 Å². The topological polar surface area (TPSA) is 203 Å². The molecule has 1 heterocycles. The van der Waals surface area contributed by atoms with Gasteiger partial charge in [-0.1, -0.05) is 94.9 Å². The van der Waals surface area contributed by atoms with Crippen LogP contribution in [-0.4, -0.2) is 104 Å². The summed E-state index contributed by atoms with van der Waals surface area (Å²) in [4.78, 5) is 69.2. The number of hydrogen-bond donors (Lipinski definition) is 4. The quantitative estimate of drug-likeness (QED) is 0.169. The molecule has 14 heteroatoms. The Balaban J connectivity index is 1.50. The molecule has 4 aliphatic rings. The molecule has 2 bridgehead atoms. The number of benzene rings is 2. The fourth-order valence-electron chi connectivity index (χ4n) is 9.36. The molecule has 308 valence electrons. The summed E-state index contributed by atoms with van der Waals surface area (Å²) in [5.74, 6) is -5.21. The summed E-state index contributed by atoms with van der Waals surface area (Å²) >= 11 is 0.785. The van der Waals surface area contributed by atoms with Crippen molar-refractivity contribution in [3.05, 3.63) is 82.9 Å². The van der Waals surface area contributed by atoms with E-state index in [1.165, 1.54) is 26.0 Å². The first-order valence-corrected chi connectivity index (χ1v) is 20.0. The second-order valence-electron chi connectivity index (χ2n) is 17.5. The lowest BCUT2D eigenvalue weighted by molar-refractivity contribution is -0.346. The van der Waals surface area contributed by atoms with E-state index in [1.807, 2.05) is 0 Å². The monoisotopic (exact) mass is 808 g/mol. The molecule has 0 aromatic heterocycles. The normalized spacial score (nSPS) is 34.2. The second kappa shape index (κ2) is 15.0. The molecule has 3 fully saturated rings. The third-order valence-corrected chi connectivity index (χ3v) is 14.3. The highest BCUT2D eigenvalue weighted by Crippen LogP contribution is 2.64. The van der Waals surface area contributed by atoms with E-state index in [0.29, 0.717) is 5.56 Å². The van der Waals surface area contributed by atoms with Gasteiger partial charge < -0.3 is 39.4 Å². The van der Waals surface area contributed by atoms with E-state index in [0.717, 1.165) is 18.7 Å². The SMILES string of the molecule is CC(=O)O[C@@]12CO[C@@H]1C[C@H](O)[C@@]1(C)C(=O)[C@H](O)C3=C(C)[C@@H](OC(=O)[C@H](O)[C@@H](SC(=O)C(C)(C)C)c4ccccc4)C[C@@](O)([C@@H](OC(=O)c4ccccc4)[C@H]21)C3(C)C. The Morgan fingerprint density at radius 3 is 2.09 bits per heavy atom. The first-order valence-electron chi connectivity index (χ1n) is 19.1. The summed E-state index contributed by atoms with van der Waals surface area (Å²) in [5, 5.41) is 47.7. The standard InChI is InChI=1S/C43H52O13S/c1-22-26(54-37(50)31(47)32(24-15-11-9-12-16-24)57-38(51)39(3,4)5)20-43(52)35(55-36(49)25-17-13-10-14-18-25)33-41(8,34(48)30(46)29(22)40(43,6)7)27(45)19-28-42(33,21-53-28)56-23(2)44/h9-18,26-28,30-33,35,45-47,52H,19-21H2,1-8H3/t26-,27-,28+,30+,31+,32-,33-,35-,41+,42-,43+/m0/s1. The zero-order chi connectivity index (χ0) is 42.0. The summed E-state index contributed by atoms with van der Waals surface area (Å²) < 4.78 is 24.2. The average molecular weight is 809 g/mol. The predicted octanol–water partition coefficient (Wildman–Crippen LogP) is 4.04. The molecule has 0 amide bonds. The Hall–Kier alpha value is -3.92. The summed E-state index contributed by atoms with van der Waals surface area (Å²) in [5.41, 5.74) is -7.73. The molecule has 0 unspecified atom stereocenters. The van der Waals surface area contributed by atoms with Gasteiger partial charge >= 0.3 is 17.9 Å². The first kappa shape index (κ1) is 42.7. The van der Waals surface area contributed by atoms with Crippen LogP contribution in [0.1, 0.15) is 89.4 Å². The predicted molar refractivity (Wildman–Crippen MR) is 206 cm³/mol. The number of ether oxygens (including phenoxy) is 4. The van der Waals surface area contributed by atoms with Gasteiger partial charge in [-0.05, 0) is 42.7 Å². The molecule has 57 heavy (non-hydrogen) atoms. The van der Waals surface area contributed by atoms with E-state index in [9.17, 15) is 44.4 Å². The highest BCUT2D eigenvalue weighted by Gasteiger charge is 2.78. The number of ketones is 1. The Morgan fingerprint density at radius 1 is 0.947 bits per heavy atom. The molecule has 3 aliphatic carbocycles. The van der Waals surface area contributed by atoms with Gasteiger partial charge in [0.05, 0.1) is 34.9 Å². The van der Waals surface area contributed by atoms with Crippen LogP contribution in [0.15, 0.2) is 71.8 Å². The molecule has 2 aromatic rings. The Morgan fingerprint density at radius 2 is 1.54 bits per heavy atom. The molecule has 11 atom stereocenters. The third-order valence-electron chi connectivity index (χ3n) is 12.7. The molecule has 1 saturated heterocycles. The number of rotatable bonds is 8. The fourth-order valence-corrected chi connectivity index (χ4v) is 10.5. The highest BCUT2D eigenvalue weighted by molar-refractivity contribution is 8.14. The van der Waals surface area contributed by atoms with Crippen molar-refractivity contribution in [2.45, 2.75) is 121 Å². The van der Waals surface area contributed by atoms with Crippen LogP contribution in [0.4, 0.5) is 0 Å². The maximum atomic E-state index is 14.9. The van der Waals surface area contributed by atoms with E-state index >= 15 is 0 Å². The lowest BCUT2D eigenvalue weighted by Crippen LogP contribution is -2.81. The zero-order valence-corrected chi connectivity index (χ0v) is 34.2. The van der Waals surface area contributed by atoms with Gasteiger partial charge in [0.15, 0.2) is 22.6 Å². The molecule has 1 aliphatic heterocycles. The van der Waals surface area contributed by atoms with E-state index in [-0.39, 0.29) is 34.9 Å². The molecule has 13 nitrogen and oxygen atoms in total. The van der Waals surface area contributed by atoms with Crippen molar-refractivity contribution >= 4 is 40.6 Å². The molecule has 0 radical (unpaired) electrons. The zero-order valence-electron chi connectivity index (χ0n) is 33.4. The third kappa shape index (κ3) is 6.95. The number of carbonyl (C=O) groups excluding carboxylic acids is 5. The van der Waals surface area contributed by atoms with Crippen molar-refractivity contribution in [2.75, 3.05) is 6.61 Å². The largest absolute Gasteiger partial charge is 0.456 e. The van der Waals surface area contributed by atoms with Gasteiger partial charge in [-0.25, -0.2) is 9.59 Å². The van der Waals surface area contributed by atoms with E-state index in [4.69, 9.17) is 18.9 Å². The van der Waals surface area contributed by atoms with Gasteiger partial charge in [0.25, 0.3) is 0 Å².